The smallest absolute Gasteiger partial charge is 0.416 e. The van der Waals surface area contributed by atoms with Gasteiger partial charge in [0, 0.05) is 16.6 Å². The predicted octanol–water partition coefficient (Wildman–Crippen LogP) is 10.7. The molecule has 2 aliphatic heterocycles. The maximum absolute atomic E-state index is 13.0. The normalized spacial score (nSPS) is 15.9. The summed E-state index contributed by atoms with van der Waals surface area (Å²) in [6.45, 7) is 6.87. The van der Waals surface area contributed by atoms with Gasteiger partial charge in [-0.1, -0.05) is 71.7 Å². The number of nitrogens with one attached hydrogen (secondary N) is 1. The van der Waals surface area contributed by atoms with Crippen LogP contribution in [0.5, 0.6) is 0 Å². The van der Waals surface area contributed by atoms with Crippen LogP contribution in [0.1, 0.15) is 94.4 Å². The summed E-state index contributed by atoms with van der Waals surface area (Å²) in [5, 5.41) is 30.4. The molecule has 4 heterocycles. The van der Waals surface area contributed by atoms with E-state index in [1.165, 1.54) is 24.1 Å². The molecule has 66 heavy (non-hydrogen) atoms. The molecule has 2 saturated heterocycles. The topological polar surface area (TPSA) is 131 Å². The summed E-state index contributed by atoms with van der Waals surface area (Å²) in [6, 6.07) is 24.4. The van der Waals surface area contributed by atoms with E-state index in [0.29, 0.717) is 35.3 Å². The molecule has 2 atom stereocenters. The fraction of sp³-hybridized carbons (Fsp3) is 0.348. The standard InChI is InChI=1S/C23H22ClF3N4O.C14H17ClN4.C9H7F3O2.ClH/c1-15-28-29-22(31(15)14-17-6-10-19(24)11-7-17)20-3-2-12-30(20)21(32)13-16-4-8-18(9-5-16)23(25,26)27;1-10-17-18-14(13-3-2-8-16-13)19(10)9-11-4-6-12(15)7-5-11;10-9(11,12)7-3-1-6(2-4-7)5-8(13)14;/h4-11,20H,2-3,12-14H2,1H3;4-7,13,16H,2-3,8-9H2,1H3;1-4H,5H2,(H,13,14);1H/t20-;13-;;/m11../s1. The van der Waals surface area contributed by atoms with Gasteiger partial charge < -0.3 is 24.5 Å². The lowest BCUT2D eigenvalue weighted by Gasteiger charge is -2.25. The Balaban J connectivity index is 0.000000204. The van der Waals surface area contributed by atoms with Crippen molar-refractivity contribution in [2.24, 2.45) is 0 Å². The first-order chi connectivity index (χ1) is 30.8. The lowest BCUT2D eigenvalue weighted by molar-refractivity contribution is -0.138. The van der Waals surface area contributed by atoms with Crippen molar-refractivity contribution in [3.8, 4) is 0 Å². The number of aliphatic carboxylic acids is 1. The molecule has 2 fully saturated rings. The van der Waals surface area contributed by atoms with E-state index in [2.05, 4.69) is 30.3 Å². The largest absolute Gasteiger partial charge is 0.481 e. The molecule has 352 valence electrons. The quantitative estimate of drug-likeness (QED) is 0.130. The molecule has 2 aromatic heterocycles. The van der Waals surface area contributed by atoms with Crippen LogP contribution in [-0.2, 0) is 47.9 Å². The van der Waals surface area contributed by atoms with E-state index in [0.717, 1.165) is 103 Å². The van der Waals surface area contributed by atoms with Crippen LogP contribution in [0.4, 0.5) is 26.3 Å². The number of halogens is 9. The molecule has 0 bridgehead atoms. The van der Waals surface area contributed by atoms with Gasteiger partial charge in [0.05, 0.1) is 49.1 Å². The minimum Gasteiger partial charge on any atom is -0.481 e. The van der Waals surface area contributed by atoms with Gasteiger partial charge in [0.15, 0.2) is 11.6 Å². The summed E-state index contributed by atoms with van der Waals surface area (Å²) in [6.07, 6.45) is -5.06. The summed E-state index contributed by atoms with van der Waals surface area (Å²) in [4.78, 5) is 25.0. The number of carboxylic acid groups (broad SMARTS) is 1. The van der Waals surface area contributed by atoms with Gasteiger partial charge >= 0.3 is 18.3 Å². The Morgan fingerprint density at radius 3 is 1.52 bits per heavy atom. The number of benzene rings is 4. The summed E-state index contributed by atoms with van der Waals surface area (Å²) >= 11 is 11.9. The molecule has 0 radical (unpaired) electrons. The number of carbonyl (C=O) groups excluding carboxylic acids is 1. The molecule has 6 aromatic rings. The highest BCUT2D eigenvalue weighted by molar-refractivity contribution is 6.30. The van der Waals surface area contributed by atoms with Crippen LogP contribution in [0.25, 0.3) is 0 Å². The second-order valence-electron chi connectivity index (χ2n) is 15.7. The van der Waals surface area contributed by atoms with Crippen molar-refractivity contribution < 1.29 is 41.0 Å². The van der Waals surface area contributed by atoms with E-state index in [-0.39, 0.29) is 37.2 Å². The van der Waals surface area contributed by atoms with Crippen LogP contribution in [0, 0.1) is 13.8 Å². The third kappa shape index (κ3) is 14.0. The average Bonchev–Trinajstić information content (AvgIpc) is 4.09. The molecule has 20 heteroatoms. The molecule has 4 aromatic carbocycles. The Hall–Kier alpha value is -5.49. The zero-order valence-electron chi connectivity index (χ0n) is 35.8. The van der Waals surface area contributed by atoms with Gasteiger partial charge in [-0.25, -0.2) is 0 Å². The molecular formula is C46H47Cl3F6N8O3. The van der Waals surface area contributed by atoms with E-state index in [9.17, 15) is 35.9 Å². The Kier molecular flexibility index (Phi) is 17.8. The molecule has 0 aliphatic carbocycles. The number of likely N-dealkylation sites (tertiary alicyclic amines) is 1. The molecule has 0 saturated carbocycles. The molecule has 0 spiro atoms. The van der Waals surface area contributed by atoms with E-state index in [4.69, 9.17) is 28.3 Å². The van der Waals surface area contributed by atoms with Crippen molar-refractivity contribution in [2.45, 2.75) is 89.9 Å². The van der Waals surface area contributed by atoms with Crippen LogP contribution in [0.3, 0.4) is 0 Å². The number of carboxylic acids is 1. The minimum atomic E-state index is -4.39. The van der Waals surface area contributed by atoms with Crippen molar-refractivity contribution in [1.82, 2.24) is 39.7 Å². The Morgan fingerprint density at radius 1 is 0.636 bits per heavy atom. The third-order valence-corrected chi connectivity index (χ3v) is 11.5. The minimum absolute atomic E-state index is 0. The second kappa shape index (κ2) is 22.8. The average molecular weight is 980 g/mol. The number of rotatable bonds is 10. The van der Waals surface area contributed by atoms with Crippen molar-refractivity contribution >= 4 is 47.5 Å². The fourth-order valence-corrected chi connectivity index (χ4v) is 7.80. The van der Waals surface area contributed by atoms with Crippen LogP contribution in [-0.4, -0.2) is 64.5 Å². The lowest BCUT2D eigenvalue weighted by atomic mass is 10.1. The van der Waals surface area contributed by atoms with Gasteiger partial charge in [-0.3, -0.25) is 9.59 Å². The van der Waals surface area contributed by atoms with Gasteiger partial charge in [0.2, 0.25) is 5.91 Å². The van der Waals surface area contributed by atoms with Crippen molar-refractivity contribution in [3.63, 3.8) is 0 Å². The Bertz CT molecular complexity index is 2510. The highest BCUT2D eigenvalue weighted by atomic mass is 35.5. The number of amides is 1. The monoisotopic (exact) mass is 978 g/mol. The third-order valence-electron chi connectivity index (χ3n) is 11.0. The van der Waals surface area contributed by atoms with Crippen molar-refractivity contribution in [1.29, 1.82) is 0 Å². The van der Waals surface area contributed by atoms with Gasteiger partial charge in [-0.2, -0.15) is 26.3 Å². The summed E-state index contributed by atoms with van der Waals surface area (Å²) in [5.41, 5.74) is 1.66. The van der Waals surface area contributed by atoms with Crippen LogP contribution < -0.4 is 5.32 Å². The molecule has 2 N–H and O–H groups in total. The lowest BCUT2D eigenvalue weighted by Crippen LogP contribution is -2.33. The van der Waals surface area contributed by atoms with Crippen LogP contribution >= 0.6 is 35.6 Å². The zero-order chi connectivity index (χ0) is 46.9. The number of aromatic nitrogens is 6. The predicted molar refractivity (Wildman–Crippen MR) is 239 cm³/mol. The van der Waals surface area contributed by atoms with Gasteiger partial charge in [-0.15, -0.1) is 32.8 Å². The summed E-state index contributed by atoms with van der Waals surface area (Å²) in [7, 11) is 0. The number of aryl methyl sites for hydroxylation is 2. The summed E-state index contributed by atoms with van der Waals surface area (Å²) < 4.78 is 78.7. The number of alkyl halides is 6. The second-order valence-corrected chi connectivity index (χ2v) is 16.5. The first kappa shape index (κ1) is 51.5. The van der Waals surface area contributed by atoms with Gasteiger partial charge in [0.1, 0.15) is 11.6 Å². The Morgan fingerprint density at radius 2 is 1.08 bits per heavy atom. The highest BCUT2D eigenvalue weighted by Crippen LogP contribution is 2.34. The van der Waals surface area contributed by atoms with E-state index >= 15 is 0 Å². The molecule has 1 amide bonds. The fourth-order valence-electron chi connectivity index (χ4n) is 7.55. The van der Waals surface area contributed by atoms with E-state index in [1.54, 1.807) is 4.90 Å². The van der Waals surface area contributed by atoms with E-state index < -0.39 is 29.4 Å². The molecule has 8 rings (SSSR count). The Labute approximate surface area is 393 Å². The molecular weight excluding hydrogens is 933 g/mol. The summed E-state index contributed by atoms with van der Waals surface area (Å²) in [5.74, 6) is 2.27. The van der Waals surface area contributed by atoms with Crippen molar-refractivity contribution in [3.05, 3.63) is 164 Å². The van der Waals surface area contributed by atoms with Crippen LogP contribution in [0.15, 0.2) is 97.1 Å². The maximum atomic E-state index is 13.0. The first-order valence-electron chi connectivity index (χ1n) is 20.7. The van der Waals surface area contributed by atoms with Crippen molar-refractivity contribution in [2.75, 3.05) is 13.1 Å². The maximum Gasteiger partial charge on any atom is 0.416 e. The van der Waals surface area contributed by atoms with Crippen LogP contribution in [0.2, 0.25) is 10.0 Å². The number of hydrogen-bond acceptors (Lipinski definition) is 7. The zero-order valence-corrected chi connectivity index (χ0v) is 38.1. The molecule has 11 nitrogen and oxygen atoms in total. The first-order valence-corrected chi connectivity index (χ1v) is 21.5. The molecule has 0 unspecified atom stereocenters. The van der Waals surface area contributed by atoms with Gasteiger partial charge in [0.25, 0.3) is 0 Å². The number of hydrogen-bond donors (Lipinski definition) is 2. The van der Waals surface area contributed by atoms with E-state index in [1.807, 2.05) is 66.9 Å². The number of carbonyl (C=O) groups is 2. The highest BCUT2D eigenvalue weighted by Gasteiger charge is 2.35. The van der Waals surface area contributed by atoms with Gasteiger partial charge in [-0.05, 0) is 117 Å². The molecule has 2 aliphatic rings. The SMILES string of the molecule is Cc1nnc([C@H]2CCCN2)n1Cc1ccc(Cl)cc1.Cc1nnc([C@H]2CCCN2C(=O)Cc2ccc(C(F)(F)F)cc2)n1Cc1ccc(Cl)cc1.Cl.O=C(O)Cc1ccc(C(F)(F)F)cc1. The number of nitrogens with zero attached hydrogens (tertiary/aromatic N) is 7.